The van der Waals surface area contributed by atoms with E-state index in [4.69, 9.17) is 14.2 Å². The van der Waals surface area contributed by atoms with Crippen LogP contribution in [0.5, 0.6) is 5.75 Å². The van der Waals surface area contributed by atoms with Gasteiger partial charge in [0.1, 0.15) is 11.9 Å². The van der Waals surface area contributed by atoms with E-state index in [2.05, 4.69) is 15.3 Å². The van der Waals surface area contributed by atoms with E-state index < -0.39 is 64.7 Å². The minimum absolute atomic E-state index is 0.00509. The van der Waals surface area contributed by atoms with Crippen LogP contribution >= 0.6 is 0 Å². The molecule has 0 radical (unpaired) electrons. The monoisotopic (exact) mass is 555 g/mol. The molecule has 13 heteroatoms. The number of alkyl halides is 3. The lowest BCUT2D eigenvalue weighted by Gasteiger charge is -2.32. The number of ether oxygens (including phenoxy) is 3. The number of methoxy groups -OCH3 is 1. The van der Waals surface area contributed by atoms with Crippen molar-refractivity contribution >= 4 is 16.7 Å². The van der Waals surface area contributed by atoms with Crippen LogP contribution in [-0.2, 0) is 9.47 Å². The fraction of sp³-hybridized carbons (Fsp3) is 0.462. The summed E-state index contributed by atoms with van der Waals surface area (Å²) >= 11 is 0. The van der Waals surface area contributed by atoms with E-state index in [-0.39, 0.29) is 41.2 Å². The molecule has 1 aromatic carbocycles. The van der Waals surface area contributed by atoms with Gasteiger partial charge in [-0.25, -0.2) is 9.37 Å². The number of benzene rings is 1. The second-order valence-electron chi connectivity index (χ2n) is 9.97. The summed E-state index contributed by atoms with van der Waals surface area (Å²) in [6.07, 6.45) is -5.66. The quantitative estimate of drug-likeness (QED) is 0.406. The van der Waals surface area contributed by atoms with Crippen LogP contribution in [0.25, 0.3) is 10.9 Å². The summed E-state index contributed by atoms with van der Waals surface area (Å²) in [5.41, 5.74) is -3.04. The highest BCUT2D eigenvalue weighted by molar-refractivity contribution is 5.89. The van der Waals surface area contributed by atoms with Gasteiger partial charge >= 0.3 is 6.18 Å². The van der Waals surface area contributed by atoms with Crippen LogP contribution < -0.4 is 15.5 Å². The van der Waals surface area contributed by atoms with Crippen LogP contribution in [0, 0.1) is 17.6 Å². The average molecular weight is 556 g/mol. The number of anilines is 1. The van der Waals surface area contributed by atoms with Crippen molar-refractivity contribution < 1.29 is 41.3 Å². The van der Waals surface area contributed by atoms with E-state index in [1.807, 2.05) is 0 Å². The zero-order valence-corrected chi connectivity index (χ0v) is 21.1. The van der Waals surface area contributed by atoms with Crippen molar-refractivity contribution in [1.82, 2.24) is 9.97 Å². The van der Waals surface area contributed by atoms with Gasteiger partial charge in [0, 0.05) is 35.4 Å². The van der Waals surface area contributed by atoms with Gasteiger partial charge in [0.05, 0.1) is 43.4 Å². The molecule has 0 spiro atoms. The zero-order chi connectivity index (χ0) is 28.3. The third kappa shape index (κ3) is 4.42. The molecule has 210 valence electrons. The van der Waals surface area contributed by atoms with E-state index in [0.717, 1.165) is 32.2 Å². The van der Waals surface area contributed by atoms with Crippen molar-refractivity contribution in [1.29, 1.82) is 0 Å². The molecular formula is C26H26F5N3O5. The van der Waals surface area contributed by atoms with Crippen LogP contribution in [0.1, 0.15) is 37.1 Å². The Balaban J connectivity index is 1.65. The maximum Gasteiger partial charge on any atom is 0.417 e. The molecule has 0 aliphatic carbocycles. The number of H-pyrrole nitrogens is 1. The molecule has 0 unspecified atom stereocenters. The van der Waals surface area contributed by atoms with Gasteiger partial charge < -0.3 is 29.6 Å². The zero-order valence-electron chi connectivity index (χ0n) is 21.1. The molecule has 2 aliphatic heterocycles. The summed E-state index contributed by atoms with van der Waals surface area (Å²) in [4.78, 5) is 20.5. The van der Waals surface area contributed by atoms with Crippen LogP contribution in [0.15, 0.2) is 35.3 Å². The third-order valence-electron chi connectivity index (χ3n) is 7.75. The number of hydrogen-bond acceptors (Lipinski definition) is 7. The van der Waals surface area contributed by atoms with Crippen LogP contribution in [0.4, 0.5) is 27.8 Å². The summed E-state index contributed by atoms with van der Waals surface area (Å²) in [6, 6.07) is 4.04. The summed E-state index contributed by atoms with van der Waals surface area (Å²) < 4.78 is 87.5. The minimum Gasteiger partial charge on any atom is -0.493 e. The predicted molar refractivity (Wildman–Crippen MR) is 130 cm³/mol. The maximum atomic E-state index is 14.6. The number of nitrogens with one attached hydrogen (secondary N) is 2. The smallest absolute Gasteiger partial charge is 0.417 e. The predicted octanol–water partition coefficient (Wildman–Crippen LogP) is 4.19. The first-order chi connectivity index (χ1) is 18.4. The molecule has 5 rings (SSSR count). The maximum absolute atomic E-state index is 14.6. The van der Waals surface area contributed by atoms with Gasteiger partial charge in [-0.3, -0.25) is 4.79 Å². The minimum atomic E-state index is -4.83. The van der Waals surface area contributed by atoms with Crippen LogP contribution in [-0.4, -0.2) is 59.3 Å². The largest absolute Gasteiger partial charge is 0.493 e. The molecule has 2 saturated heterocycles. The Kier molecular flexibility index (Phi) is 6.80. The highest BCUT2D eigenvalue weighted by Crippen LogP contribution is 2.59. The Morgan fingerprint density at radius 3 is 2.62 bits per heavy atom. The first kappa shape index (κ1) is 27.3. The molecule has 8 nitrogen and oxygen atoms in total. The molecule has 39 heavy (non-hydrogen) atoms. The van der Waals surface area contributed by atoms with Crippen LogP contribution in [0.2, 0.25) is 0 Å². The van der Waals surface area contributed by atoms with Crippen molar-refractivity contribution in [2.24, 2.45) is 5.92 Å². The molecular weight excluding hydrogens is 529 g/mol. The molecule has 2 fully saturated rings. The molecule has 0 saturated carbocycles. The van der Waals surface area contributed by atoms with Crippen molar-refractivity contribution in [3.05, 3.63) is 63.6 Å². The lowest BCUT2D eigenvalue weighted by molar-refractivity contribution is -0.275. The number of aromatic nitrogens is 2. The first-order valence-corrected chi connectivity index (χ1v) is 12.2. The summed E-state index contributed by atoms with van der Waals surface area (Å²) in [7, 11) is 1.09. The summed E-state index contributed by atoms with van der Waals surface area (Å²) in [5, 5.41) is 13.2. The molecule has 0 bridgehead atoms. The van der Waals surface area contributed by atoms with Gasteiger partial charge in [0.2, 0.25) is 5.82 Å². The summed E-state index contributed by atoms with van der Waals surface area (Å²) in [6.45, 7) is 2.50. The van der Waals surface area contributed by atoms with Gasteiger partial charge in [-0.2, -0.15) is 17.6 Å². The number of aliphatic hydroxyl groups is 1. The van der Waals surface area contributed by atoms with Gasteiger partial charge in [0.15, 0.2) is 22.6 Å². The Labute approximate surface area is 219 Å². The van der Waals surface area contributed by atoms with E-state index in [1.54, 1.807) is 0 Å². The third-order valence-corrected chi connectivity index (χ3v) is 7.75. The van der Waals surface area contributed by atoms with Gasteiger partial charge in [0.25, 0.3) is 0 Å². The second-order valence-corrected chi connectivity index (χ2v) is 9.97. The molecule has 0 amide bonds. The van der Waals surface area contributed by atoms with E-state index in [9.17, 15) is 31.9 Å². The SMILES string of the molecule is COc1c([C@H]2[C@H](c3cc(=O)c4c(N[C@@H]5COC[C@H]5O)nccc4[nH]3)O[C@@](C)(C(F)(F)F)[C@H]2C)ccc(F)c1F. The number of pyridine rings is 2. The number of fused-ring (bicyclic) bond motifs is 1. The van der Waals surface area contributed by atoms with Gasteiger partial charge in [-0.15, -0.1) is 0 Å². The normalized spacial score (nSPS) is 29.2. The molecule has 2 aliphatic rings. The number of hydrogen-bond donors (Lipinski definition) is 3. The highest BCUT2D eigenvalue weighted by atomic mass is 19.4. The molecule has 3 N–H and O–H groups in total. The van der Waals surface area contributed by atoms with E-state index >= 15 is 0 Å². The van der Waals surface area contributed by atoms with E-state index in [0.29, 0.717) is 0 Å². The summed E-state index contributed by atoms with van der Waals surface area (Å²) in [5.74, 6) is -5.41. The number of aliphatic hydroxyl groups excluding tert-OH is 1. The topological polar surface area (TPSA) is 106 Å². The van der Waals surface area contributed by atoms with Crippen molar-refractivity contribution in [3.8, 4) is 5.75 Å². The second kappa shape index (κ2) is 9.72. The van der Waals surface area contributed by atoms with Crippen LogP contribution in [0.3, 0.4) is 0 Å². The molecule has 6 atom stereocenters. The van der Waals surface area contributed by atoms with E-state index in [1.165, 1.54) is 19.2 Å². The first-order valence-electron chi connectivity index (χ1n) is 12.2. The Hall–Kier alpha value is -3.29. The van der Waals surface area contributed by atoms with Crippen molar-refractivity contribution in [2.75, 3.05) is 25.6 Å². The van der Waals surface area contributed by atoms with Crippen molar-refractivity contribution in [2.45, 2.75) is 49.8 Å². The fourth-order valence-electron chi connectivity index (χ4n) is 5.42. The number of aromatic amines is 1. The lowest BCUT2D eigenvalue weighted by Crippen LogP contribution is -2.46. The van der Waals surface area contributed by atoms with Crippen molar-refractivity contribution in [3.63, 3.8) is 0 Å². The molecule has 3 aromatic rings. The molecule has 2 aromatic heterocycles. The average Bonchev–Trinajstić information content (AvgIpc) is 3.40. The number of rotatable bonds is 5. The standard InChI is InChI=1S/C26H26F5N3O5/c1-11-19(12-4-5-13(27)21(28)22(12)37-3)23(39-25(11,2)26(29,30)31)15-8-17(35)20-14(33-15)6-7-32-24(20)34-16-9-38-10-18(16)36/h4-8,11,16,18-19,23,36H,9-10H2,1-3H3,(H,32,34)(H,33,35)/t11-,16+,18+,19-,23-,25+/m0/s1. The number of halogens is 5. The molecule has 4 heterocycles. The Morgan fingerprint density at radius 2 is 1.97 bits per heavy atom. The highest BCUT2D eigenvalue weighted by Gasteiger charge is 2.65. The number of nitrogens with zero attached hydrogens (tertiary/aromatic N) is 1. The van der Waals surface area contributed by atoms with Gasteiger partial charge in [-0.05, 0) is 19.1 Å². The Morgan fingerprint density at radius 1 is 1.23 bits per heavy atom. The lowest BCUT2D eigenvalue weighted by atomic mass is 9.76. The fourth-order valence-corrected chi connectivity index (χ4v) is 5.42. The van der Waals surface area contributed by atoms with Gasteiger partial charge in [-0.1, -0.05) is 13.0 Å². The Bertz CT molecular complexity index is 1460.